The number of nitrogens with zero attached hydrogens (tertiary/aromatic N) is 1. The standard InChI is InChI=1S/C15H18N2O4/c1-17-9-11(4-5-14(17)18)16-8-10-6-12(20-2)15(19)13(7-10)21-3/h4-7,9,16,19H,8H2,1-3H3. The van der Waals surface area contributed by atoms with Gasteiger partial charge in [0.05, 0.1) is 19.9 Å². The number of anilines is 1. The van der Waals surface area contributed by atoms with Crippen LogP contribution < -0.4 is 20.3 Å². The van der Waals surface area contributed by atoms with E-state index in [9.17, 15) is 9.90 Å². The van der Waals surface area contributed by atoms with Gasteiger partial charge in [-0.3, -0.25) is 4.79 Å². The Hall–Kier alpha value is -2.63. The number of rotatable bonds is 5. The van der Waals surface area contributed by atoms with Gasteiger partial charge in [-0.15, -0.1) is 0 Å². The molecule has 0 aliphatic carbocycles. The maximum Gasteiger partial charge on any atom is 0.250 e. The Balaban J connectivity index is 2.19. The second-order valence-corrected chi connectivity index (χ2v) is 4.57. The van der Waals surface area contributed by atoms with E-state index in [1.54, 1.807) is 31.4 Å². The average molecular weight is 290 g/mol. The van der Waals surface area contributed by atoms with E-state index >= 15 is 0 Å². The molecule has 0 spiro atoms. The van der Waals surface area contributed by atoms with E-state index in [2.05, 4.69) is 5.32 Å². The van der Waals surface area contributed by atoms with Crippen LogP contribution in [0.2, 0.25) is 0 Å². The second-order valence-electron chi connectivity index (χ2n) is 4.57. The summed E-state index contributed by atoms with van der Waals surface area (Å²) in [6, 6.07) is 6.68. The molecule has 0 unspecified atom stereocenters. The van der Waals surface area contributed by atoms with E-state index in [0.717, 1.165) is 11.3 Å². The monoisotopic (exact) mass is 290 g/mol. The van der Waals surface area contributed by atoms with E-state index < -0.39 is 0 Å². The van der Waals surface area contributed by atoms with Crippen LogP contribution in [0, 0.1) is 0 Å². The zero-order valence-corrected chi connectivity index (χ0v) is 12.2. The molecule has 2 N–H and O–H groups in total. The van der Waals surface area contributed by atoms with Crippen molar-refractivity contribution in [3.8, 4) is 17.2 Å². The molecule has 0 amide bonds. The predicted molar refractivity (Wildman–Crippen MR) is 80.2 cm³/mol. The minimum absolute atomic E-state index is 0.0224. The molecule has 0 atom stereocenters. The molecular formula is C15H18N2O4. The van der Waals surface area contributed by atoms with Gasteiger partial charge >= 0.3 is 0 Å². The Morgan fingerprint density at radius 1 is 1.19 bits per heavy atom. The second kappa shape index (κ2) is 6.21. The number of benzene rings is 1. The SMILES string of the molecule is COc1cc(CNc2ccc(=O)n(C)c2)cc(OC)c1O. The summed E-state index contributed by atoms with van der Waals surface area (Å²) < 4.78 is 11.7. The van der Waals surface area contributed by atoms with E-state index in [4.69, 9.17) is 9.47 Å². The number of ether oxygens (including phenoxy) is 2. The van der Waals surface area contributed by atoms with Gasteiger partial charge in [0.1, 0.15) is 0 Å². The van der Waals surface area contributed by atoms with Gasteiger partial charge in [-0.25, -0.2) is 0 Å². The van der Waals surface area contributed by atoms with Gasteiger partial charge < -0.3 is 24.5 Å². The van der Waals surface area contributed by atoms with Crippen LogP contribution in [0.25, 0.3) is 0 Å². The quantitative estimate of drug-likeness (QED) is 0.877. The Labute approximate surface area is 122 Å². The van der Waals surface area contributed by atoms with Crippen molar-refractivity contribution in [2.24, 2.45) is 7.05 Å². The van der Waals surface area contributed by atoms with Gasteiger partial charge in [0.15, 0.2) is 11.5 Å². The van der Waals surface area contributed by atoms with Crippen LogP contribution in [0.4, 0.5) is 5.69 Å². The third kappa shape index (κ3) is 3.28. The Bertz CT molecular complexity index is 669. The zero-order chi connectivity index (χ0) is 15.4. The molecule has 1 aromatic heterocycles. The number of hydrogen-bond acceptors (Lipinski definition) is 5. The van der Waals surface area contributed by atoms with Gasteiger partial charge in [0, 0.05) is 25.9 Å². The number of methoxy groups -OCH3 is 2. The molecule has 21 heavy (non-hydrogen) atoms. The molecule has 0 aliphatic rings. The number of hydrogen-bond donors (Lipinski definition) is 2. The number of phenols is 1. The van der Waals surface area contributed by atoms with Crippen molar-refractivity contribution in [3.05, 3.63) is 46.4 Å². The van der Waals surface area contributed by atoms with Crippen molar-refractivity contribution < 1.29 is 14.6 Å². The summed E-state index contributed by atoms with van der Waals surface area (Å²) in [6.45, 7) is 0.505. The highest BCUT2D eigenvalue weighted by Crippen LogP contribution is 2.37. The molecule has 0 saturated heterocycles. The number of aryl methyl sites for hydroxylation is 1. The van der Waals surface area contributed by atoms with Crippen LogP contribution in [0.3, 0.4) is 0 Å². The Morgan fingerprint density at radius 3 is 2.33 bits per heavy atom. The van der Waals surface area contributed by atoms with E-state index in [0.29, 0.717) is 18.0 Å². The summed E-state index contributed by atoms with van der Waals surface area (Å²) in [5, 5.41) is 13.1. The van der Waals surface area contributed by atoms with E-state index in [1.807, 2.05) is 0 Å². The Morgan fingerprint density at radius 2 is 1.81 bits per heavy atom. The van der Waals surface area contributed by atoms with Crippen molar-refractivity contribution in [2.75, 3.05) is 19.5 Å². The van der Waals surface area contributed by atoms with Gasteiger partial charge in [0.25, 0.3) is 0 Å². The molecule has 0 radical (unpaired) electrons. The molecule has 1 aromatic carbocycles. The number of nitrogens with one attached hydrogen (secondary N) is 1. The fraction of sp³-hybridized carbons (Fsp3) is 0.267. The fourth-order valence-electron chi connectivity index (χ4n) is 1.95. The third-order valence-corrected chi connectivity index (χ3v) is 3.12. The number of phenolic OH excluding ortho intramolecular Hbond substituents is 1. The molecule has 6 nitrogen and oxygen atoms in total. The highest BCUT2D eigenvalue weighted by Gasteiger charge is 2.11. The van der Waals surface area contributed by atoms with Gasteiger partial charge in [-0.05, 0) is 23.8 Å². The van der Waals surface area contributed by atoms with Crippen molar-refractivity contribution in [1.82, 2.24) is 4.57 Å². The minimum atomic E-state index is -0.0616. The van der Waals surface area contributed by atoms with E-state index in [1.165, 1.54) is 24.9 Å². The minimum Gasteiger partial charge on any atom is -0.502 e. The molecule has 0 aliphatic heterocycles. The van der Waals surface area contributed by atoms with Gasteiger partial charge in [0.2, 0.25) is 11.3 Å². The summed E-state index contributed by atoms with van der Waals surface area (Å²) in [5.41, 5.74) is 1.65. The normalized spacial score (nSPS) is 10.2. The lowest BCUT2D eigenvalue weighted by Gasteiger charge is -2.12. The average Bonchev–Trinajstić information content (AvgIpc) is 2.49. The van der Waals surface area contributed by atoms with Crippen molar-refractivity contribution in [3.63, 3.8) is 0 Å². The van der Waals surface area contributed by atoms with Crippen LogP contribution in [0.1, 0.15) is 5.56 Å². The molecule has 0 saturated carbocycles. The van der Waals surface area contributed by atoms with Crippen LogP contribution in [-0.2, 0) is 13.6 Å². The molecular weight excluding hydrogens is 272 g/mol. The lowest BCUT2D eigenvalue weighted by molar-refractivity contribution is 0.339. The van der Waals surface area contributed by atoms with Gasteiger partial charge in [-0.2, -0.15) is 0 Å². The fourth-order valence-corrected chi connectivity index (χ4v) is 1.95. The largest absolute Gasteiger partial charge is 0.502 e. The molecule has 0 bridgehead atoms. The molecule has 2 aromatic rings. The molecule has 0 fully saturated rings. The zero-order valence-electron chi connectivity index (χ0n) is 12.2. The Kier molecular flexibility index (Phi) is 4.37. The first kappa shape index (κ1) is 14.8. The highest BCUT2D eigenvalue weighted by molar-refractivity contribution is 5.53. The molecule has 112 valence electrons. The third-order valence-electron chi connectivity index (χ3n) is 3.12. The molecule has 6 heteroatoms. The predicted octanol–water partition coefficient (Wildman–Crippen LogP) is 1.72. The first-order valence-corrected chi connectivity index (χ1v) is 6.39. The first-order chi connectivity index (χ1) is 10.0. The van der Waals surface area contributed by atoms with Crippen LogP contribution in [-0.4, -0.2) is 23.9 Å². The van der Waals surface area contributed by atoms with Crippen LogP contribution in [0.5, 0.6) is 17.2 Å². The molecule has 1 heterocycles. The smallest absolute Gasteiger partial charge is 0.250 e. The number of aromatic nitrogens is 1. The van der Waals surface area contributed by atoms with Crippen LogP contribution >= 0.6 is 0 Å². The topological polar surface area (TPSA) is 72.7 Å². The number of pyridine rings is 1. The lowest BCUT2D eigenvalue weighted by Crippen LogP contribution is -2.15. The van der Waals surface area contributed by atoms with Gasteiger partial charge in [-0.1, -0.05) is 0 Å². The first-order valence-electron chi connectivity index (χ1n) is 6.39. The van der Waals surface area contributed by atoms with Crippen molar-refractivity contribution in [1.29, 1.82) is 0 Å². The van der Waals surface area contributed by atoms with E-state index in [-0.39, 0.29) is 11.3 Å². The summed E-state index contributed by atoms with van der Waals surface area (Å²) in [7, 11) is 4.66. The lowest BCUT2D eigenvalue weighted by atomic mass is 10.1. The summed E-state index contributed by atoms with van der Waals surface area (Å²) in [6.07, 6.45) is 1.72. The van der Waals surface area contributed by atoms with Crippen molar-refractivity contribution in [2.45, 2.75) is 6.54 Å². The van der Waals surface area contributed by atoms with Crippen molar-refractivity contribution >= 4 is 5.69 Å². The molecule has 2 rings (SSSR count). The maximum atomic E-state index is 11.3. The highest BCUT2D eigenvalue weighted by atomic mass is 16.5. The van der Waals surface area contributed by atoms with Crippen LogP contribution in [0.15, 0.2) is 35.3 Å². The summed E-state index contributed by atoms with van der Waals surface area (Å²) in [5.74, 6) is 0.684. The number of aromatic hydroxyl groups is 1. The summed E-state index contributed by atoms with van der Waals surface area (Å²) in [4.78, 5) is 11.3. The maximum absolute atomic E-state index is 11.3. The summed E-state index contributed by atoms with van der Waals surface area (Å²) >= 11 is 0.